The van der Waals surface area contributed by atoms with Gasteiger partial charge in [-0.1, -0.05) is 23.2 Å². The summed E-state index contributed by atoms with van der Waals surface area (Å²) >= 11 is 10.9. The van der Waals surface area contributed by atoms with Crippen molar-refractivity contribution in [3.63, 3.8) is 0 Å². The quantitative estimate of drug-likeness (QED) is 0.502. The second kappa shape index (κ2) is 2.03. The van der Waals surface area contributed by atoms with Crippen molar-refractivity contribution in [2.45, 2.75) is 13.1 Å². The lowest BCUT2D eigenvalue weighted by molar-refractivity contribution is 0.817. The Hall–Kier alpha value is -0.0800. The number of halogens is 2. The summed E-state index contributed by atoms with van der Waals surface area (Å²) in [5.41, 5.74) is 0. The molecule has 0 aromatic carbocycles. The monoisotopic (exact) mass is 150 g/mol. The van der Waals surface area contributed by atoms with Gasteiger partial charge < -0.3 is 0 Å². The molecule has 0 fully saturated rings. The summed E-state index contributed by atoms with van der Waals surface area (Å²) in [6.07, 6.45) is -0.0880. The van der Waals surface area contributed by atoms with Crippen molar-refractivity contribution in [1.29, 1.82) is 0 Å². The van der Waals surface area contributed by atoms with Crippen molar-refractivity contribution in [3.8, 4) is 0 Å². The van der Waals surface area contributed by atoms with E-state index in [9.17, 15) is 0 Å². The number of hydrogen-bond donors (Lipinski definition) is 0. The highest BCUT2D eigenvalue weighted by molar-refractivity contribution is 7.00. The van der Waals surface area contributed by atoms with Crippen LogP contribution in [0.5, 0.6) is 0 Å². The van der Waals surface area contributed by atoms with Gasteiger partial charge in [-0.2, -0.15) is 0 Å². The molecule has 2 nitrogen and oxygen atoms in total. The molecule has 0 amide bonds. The van der Waals surface area contributed by atoms with Crippen LogP contribution in [0.2, 0.25) is 0 Å². The first-order valence-corrected chi connectivity index (χ1v) is 2.92. The van der Waals surface area contributed by atoms with Crippen LogP contribution in [0.1, 0.15) is 6.92 Å². The Morgan fingerprint density at radius 3 is 1.75 bits per heavy atom. The Labute approximate surface area is 57.2 Å². The molecule has 44 valence electrons. The second-order valence-corrected chi connectivity index (χ2v) is 2.19. The van der Waals surface area contributed by atoms with E-state index in [2.05, 4.69) is 9.98 Å². The molecule has 0 aromatic heterocycles. The molecule has 0 aliphatic carbocycles. The fourth-order valence-corrected chi connectivity index (χ4v) is 0.844. The fourth-order valence-electron chi connectivity index (χ4n) is 0.463. The molecular formula is C4H4Cl2N2. The van der Waals surface area contributed by atoms with Gasteiger partial charge in [-0.15, -0.1) is 0 Å². The molecule has 4 heteroatoms. The second-order valence-electron chi connectivity index (χ2n) is 1.47. The van der Waals surface area contributed by atoms with Gasteiger partial charge in [0.1, 0.15) is 6.17 Å². The van der Waals surface area contributed by atoms with E-state index in [1.54, 1.807) is 0 Å². The summed E-state index contributed by atoms with van der Waals surface area (Å²) in [6.45, 7) is 1.82. The van der Waals surface area contributed by atoms with E-state index in [-0.39, 0.29) is 6.17 Å². The molecule has 1 heterocycles. The van der Waals surface area contributed by atoms with Crippen LogP contribution in [0.25, 0.3) is 0 Å². The van der Waals surface area contributed by atoms with Crippen LogP contribution >= 0.6 is 23.2 Å². The van der Waals surface area contributed by atoms with E-state index in [0.717, 1.165) is 0 Å². The average Bonchev–Trinajstić information content (AvgIpc) is 1.85. The molecule has 1 aliphatic rings. The van der Waals surface area contributed by atoms with Crippen molar-refractivity contribution in [2.24, 2.45) is 9.98 Å². The summed E-state index contributed by atoms with van der Waals surface area (Å²) in [5, 5.41) is 0.637. The lowest BCUT2D eigenvalue weighted by Crippen LogP contribution is -1.90. The fraction of sp³-hybridized carbons (Fsp3) is 0.500. The predicted molar refractivity (Wildman–Crippen MR) is 36.0 cm³/mol. The zero-order chi connectivity index (χ0) is 6.15. The molecule has 0 bridgehead atoms. The Balaban J connectivity index is 2.82. The topological polar surface area (TPSA) is 24.7 Å². The van der Waals surface area contributed by atoms with Gasteiger partial charge in [0.15, 0.2) is 10.3 Å². The molecule has 8 heavy (non-hydrogen) atoms. The minimum Gasteiger partial charge on any atom is -0.244 e. The molecule has 0 aromatic rings. The van der Waals surface area contributed by atoms with Crippen LogP contribution in [-0.2, 0) is 0 Å². The normalized spacial score (nSPS) is 20.9. The lowest BCUT2D eigenvalue weighted by atomic mass is 10.6. The van der Waals surface area contributed by atoms with Crippen LogP contribution in [0, 0.1) is 0 Å². The summed E-state index contributed by atoms with van der Waals surface area (Å²) in [5.74, 6) is 0. The summed E-state index contributed by atoms with van der Waals surface area (Å²) in [6, 6.07) is 0. The predicted octanol–water partition coefficient (Wildman–Crippen LogP) is 1.62. The molecule has 1 aliphatic heterocycles. The van der Waals surface area contributed by atoms with Gasteiger partial charge in [0.05, 0.1) is 0 Å². The Morgan fingerprint density at radius 2 is 1.62 bits per heavy atom. The van der Waals surface area contributed by atoms with Crippen LogP contribution in [0.15, 0.2) is 9.98 Å². The Kier molecular flexibility index (Phi) is 1.54. The minimum atomic E-state index is -0.0880. The molecule has 0 radical (unpaired) electrons. The maximum atomic E-state index is 5.44. The van der Waals surface area contributed by atoms with Crippen molar-refractivity contribution >= 4 is 33.5 Å². The lowest BCUT2D eigenvalue weighted by Gasteiger charge is -1.84. The largest absolute Gasteiger partial charge is 0.244 e. The SMILES string of the molecule is CC1N=C(Cl)C(Cl)=N1. The van der Waals surface area contributed by atoms with Gasteiger partial charge in [0.25, 0.3) is 0 Å². The van der Waals surface area contributed by atoms with E-state index >= 15 is 0 Å². The Morgan fingerprint density at radius 1 is 1.25 bits per heavy atom. The third-order valence-corrected chi connectivity index (χ3v) is 1.42. The van der Waals surface area contributed by atoms with Crippen LogP contribution in [0.4, 0.5) is 0 Å². The van der Waals surface area contributed by atoms with Crippen molar-refractivity contribution in [2.75, 3.05) is 0 Å². The molecular weight excluding hydrogens is 147 g/mol. The van der Waals surface area contributed by atoms with Gasteiger partial charge in [-0.05, 0) is 6.92 Å². The van der Waals surface area contributed by atoms with Crippen molar-refractivity contribution < 1.29 is 0 Å². The number of hydrogen-bond acceptors (Lipinski definition) is 2. The zero-order valence-electron chi connectivity index (χ0n) is 4.23. The molecule has 0 atom stereocenters. The smallest absolute Gasteiger partial charge is 0.163 e. The highest BCUT2D eigenvalue weighted by Crippen LogP contribution is 2.09. The molecule has 0 saturated heterocycles. The van der Waals surface area contributed by atoms with Crippen LogP contribution < -0.4 is 0 Å². The van der Waals surface area contributed by atoms with E-state index in [1.165, 1.54) is 0 Å². The molecule has 0 saturated carbocycles. The van der Waals surface area contributed by atoms with Crippen molar-refractivity contribution in [3.05, 3.63) is 0 Å². The molecule has 0 unspecified atom stereocenters. The summed E-state index contributed by atoms with van der Waals surface area (Å²) < 4.78 is 0. The number of aliphatic imine (C=N–C) groups is 2. The van der Waals surface area contributed by atoms with Gasteiger partial charge in [-0.25, -0.2) is 9.98 Å². The third kappa shape index (κ3) is 1.01. The highest BCUT2D eigenvalue weighted by atomic mass is 35.5. The van der Waals surface area contributed by atoms with E-state index in [1.807, 2.05) is 6.92 Å². The van der Waals surface area contributed by atoms with E-state index in [0.29, 0.717) is 10.3 Å². The maximum absolute atomic E-state index is 5.44. The third-order valence-electron chi connectivity index (χ3n) is 0.771. The maximum Gasteiger partial charge on any atom is 0.163 e. The minimum absolute atomic E-state index is 0.0880. The highest BCUT2D eigenvalue weighted by Gasteiger charge is 2.12. The van der Waals surface area contributed by atoms with Crippen molar-refractivity contribution in [1.82, 2.24) is 0 Å². The number of nitrogens with zero attached hydrogens (tertiary/aromatic N) is 2. The molecule has 0 spiro atoms. The average molecular weight is 151 g/mol. The van der Waals surface area contributed by atoms with Crippen LogP contribution in [-0.4, -0.2) is 16.5 Å². The van der Waals surface area contributed by atoms with Gasteiger partial charge in [-0.3, -0.25) is 0 Å². The summed E-state index contributed by atoms with van der Waals surface area (Å²) in [7, 11) is 0. The zero-order valence-corrected chi connectivity index (χ0v) is 5.74. The first-order chi connectivity index (χ1) is 3.70. The van der Waals surface area contributed by atoms with Gasteiger partial charge >= 0.3 is 0 Å². The standard InChI is InChI=1S/C4H4Cl2N2/c1-2-7-3(5)4(6)8-2/h2H,1H3. The molecule has 0 N–H and O–H groups in total. The van der Waals surface area contributed by atoms with Gasteiger partial charge in [0.2, 0.25) is 0 Å². The number of rotatable bonds is 0. The van der Waals surface area contributed by atoms with Crippen LogP contribution in [0.3, 0.4) is 0 Å². The first kappa shape index (κ1) is 6.05. The van der Waals surface area contributed by atoms with E-state index in [4.69, 9.17) is 23.2 Å². The first-order valence-electron chi connectivity index (χ1n) is 2.17. The van der Waals surface area contributed by atoms with E-state index < -0.39 is 0 Å². The molecule has 1 rings (SSSR count). The Bertz CT molecular complexity index is 143. The van der Waals surface area contributed by atoms with Gasteiger partial charge in [0, 0.05) is 0 Å². The summed E-state index contributed by atoms with van der Waals surface area (Å²) in [4.78, 5) is 7.63.